The van der Waals surface area contributed by atoms with Gasteiger partial charge in [-0.25, -0.2) is 9.78 Å². The molecule has 0 aliphatic heterocycles. The SMILES string of the molecule is COc1ccc(/C=C/C(=O)OCc2csc(-c3ccccc3)n2)cc1. The van der Waals surface area contributed by atoms with Gasteiger partial charge in [0.15, 0.2) is 0 Å². The van der Waals surface area contributed by atoms with Crippen molar-refractivity contribution in [2.24, 2.45) is 0 Å². The number of nitrogens with zero attached hydrogens (tertiary/aromatic N) is 1. The van der Waals surface area contributed by atoms with Crippen LogP contribution in [0.5, 0.6) is 5.75 Å². The zero-order valence-electron chi connectivity index (χ0n) is 13.7. The largest absolute Gasteiger partial charge is 0.497 e. The van der Waals surface area contributed by atoms with Crippen molar-refractivity contribution in [1.29, 1.82) is 0 Å². The van der Waals surface area contributed by atoms with E-state index in [9.17, 15) is 4.79 Å². The minimum atomic E-state index is -0.398. The summed E-state index contributed by atoms with van der Waals surface area (Å²) in [7, 11) is 1.61. The number of aromatic nitrogens is 1. The van der Waals surface area contributed by atoms with Crippen LogP contribution >= 0.6 is 11.3 Å². The molecule has 0 unspecified atom stereocenters. The van der Waals surface area contributed by atoms with Crippen molar-refractivity contribution in [2.75, 3.05) is 7.11 Å². The summed E-state index contributed by atoms with van der Waals surface area (Å²) in [5.74, 6) is 0.377. The van der Waals surface area contributed by atoms with Crippen molar-refractivity contribution in [3.63, 3.8) is 0 Å². The predicted octanol–water partition coefficient (Wildman–Crippen LogP) is 4.58. The Morgan fingerprint density at radius 1 is 1.12 bits per heavy atom. The second-order valence-corrected chi connectivity index (χ2v) is 6.08. The Bertz CT molecular complexity index is 854. The number of methoxy groups -OCH3 is 1. The number of carbonyl (C=O) groups is 1. The van der Waals surface area contributed by atoms with Crippen LogP contribution in [0.15, 0.2) is 66.1 Å². The maximum absolute atomic E-state index is 11.8. The summed E-state index contributed by atoms with van der Waals surface area (Å²) in [6, 6.07) is 17.3. The van der Waals surface area contributed by atoms with Gasteiger partial charge in [-0.2, -0.15) is 0 Å². The Morgan fingerprint density at radius 2 is 1.88 bits per heavy atom. The van der Waals surface area contributed by atoms with E-state index < -0.39 is 5.97 Å². The van der Waals surface area contributed by atoms with Crippen LogP contribution in [0.1, 0.15) is 11.3 Å². The molecule has 2 aromatic carbocycles. The molecule has 1 heterocycles. The second kappa shape index (κ2) is 8.26. The minimum absolute atomic E-state index is 0.162. The lowest BCUT2D eigenvalue weighted by atomic mass is 10.2. The smallest absolute Gasteiger partial charge is 0.331 e. The number of benzene rings is 2. The van der Waals surface area contributed by atoms with Crippen LogP contribution < -0.4 is 4.74 Å². The van der Waals surface area contributed by atoms with E-state index in [0.29, 0.717) is 0 Å². The van der Waals surface area contributed by atoms with E-state index in [1.807, 2.05) is 60.0 Å². The Balaban J connectivity index is 1.53. The zero-order valence-corrected chi connectivity index (χ0v) is 14.5. The molecular weight excluding hydrogens is 334 g/mol. The standard InChI is InChI=1S/C20H17NO3S/c1-23-18-10-7-15(8-11-18)9-12-19(22)24-13-17-14-25-20(21-17)16-5-3-2-4-6-16/h2-12,14H,13H2,1H3/b12-9+. The summed E-state index contributed by atoms with van der Waals surface area (Å²) in [4.78, 5) is 16.3. The molecule has 0 atom stereocenters. The number of hydrogen-bond donors (Lipinski definition) is 0. The fraction of sp³-hybridized carbons (Fsp3) is 0.100. The number of carbonyl (C=O) groups excluding carboxylic acids is 1. The molecule has 0 saturated heterocycles. The number of rotatable bonds is 6. The van der Waals surface area contributed by atoms with E-state index in [1.54, 1.807) is 13.2 Å². The van der Waals surface area contributed by atoms with Crippen LogP contribution in [0.25, 0.3) is 16.6 Å². The fourth-order valence-electron chi connectivity index (χ4n) is 2.16. The van der Waals surface area contributed by atoms with Gasteiger partial charge in [-0.1, -0.05) is 42.5 Å². The van der Waals surface area contributed by atoms with E-state index in [2.05, 4.69) is 4.98 Å². The average molecular weight is 351 g/mol. The van der Waals surface area contributed by atoms with Crippen LogP contribution in [0.2, 0.25) is 0 Å². The molecule has 0 bridgehead atoms. The van der Waals surface area contributed by atoms with E-state index in [-0.39, 0.29) is 6.61 Å². The highest BCUT2D eigenvalue weighted by Crippen LogP contribution is 2.23. The highest BCUT2D eigenvalue weighted by molar-refractivity contribution is 7.13. The summed E-state index contributed by atoms with van der Waals surface area (Å²) in [5.41, 5.74) is 2.71. The third-order valence-electron chi connectivity index (χ3n) is 3.46. The van der Waals surface area contributed by atoms with Crippen molar-refractivity contribution in [3.05, 3.63) is 77.3 Å². The molecular formula is C20H17NO3S. The maximum Gasteiger partial charge on any atom is 0.331 e. The van der Waals surface area contributed by atoms with Gasteiger partial charge < -0.3 is 9.47 Å². The van der Waals surface area contributed by atoms with Gasteiger partial charge in [-0.15, -0.1) is 11.3 Å². The Morgan fingerprint density at radius 3 is 2.60 bits per heavy atom. The Hall–Kier alpha value is -2.92. The molecule has 0 N–H and O–H groups in total. The summed E-state index contributed by atoms with van der Waals surface area (Å²) in [6.45, 7) is 0.162. The van der Waals surface area contributed by atoms with E-state index in [4.69, 9.17) is 9.47 Å². The van der Waals surface area contributed by atoms with Crippen molar-refractivity contribution in [2.45, 2.75) is 6.61 Å². The summed E-state index contributed by atoms with van der Waals surface area (Å²) < 4.78 is 10.3. The molecule has 25 heavy (non-hydrogen) atoms. The summed E-state index contributed by atoms with van der Waals surface area (Å²) >= 11 is 1.54. The third-order valence-corrected chi connectivity index (χ3v) is 4.40. The molecule has 0 spiro atoms. The molecule has 5 heteroatoms. The zero-order chi connectivity index (χ0) is 17.5. The molecule has 0 radical (unpaired) electrons. The first-order chi connectivity index (χ1) is 12.2. The molecule has 0 saturated carbocycles. The van der Waals surface area contributed by atoms with E-state index in [0.717, 1.165) is 27.6 Å². The average Bonchev–Trinajstić information content (AvgIpc) is 3.15. The van der Waals surface area contributed by atoms with Crippen LogP contribution in [0.3, 0.4) is 0 Å². The van der Waals surface area contributed by atoms with Crippen molar-refractivity contribution < 1.29 is 14.3 Å². The highest BCUT2D eigenvalue weighted by atomic mass is 32.1. The maximum atomic E-state index is 11.8. The minimum Gasteiger partial charge on any atom is -0.497 e. The van der Waals surface area contributed by atoms with Crippen LogP contribution in [0, 0.1) is 0 Å². The molecule has 0 fully saturated rings. The predicted molar refractivity (Wildman–Crippen MR) is 99.4 cm³/mol. The molecule has 3 aromatic rings. The Labute approximate surface area is 150 Å². The van der Waals surface area contributed by atoms with Gasteiger partial charge in [0.05, 0.1) is 12.8 Å². The molecule has 1 aromatic heterocycles. The lowest BCUT2D eigenvalue weighted by Gasteiger charge is -2.00. The highest BCUT2D eigenvalue weighted by Gasteiger charge is 2.06. The first-order valence-corrected chi connectivity index (χ1v) is 8.61. The summed E-state index contributed by atoms with van der Waals surface area (Å²) in [5, 5.41) is 2.82. The summed E-state index contributed by atoms with van der Waals surface area (Å²) in [6.07, 6.45) is 3.12. The molecule has 0 amide bonds. The number of ether oxygens (including phenoxy) is 2. The fourth-order valence-corrected chi connectivity index (χ4v) is 2.97. The van der Waals surface area contributed by atoms with Crippen molar-refractivity contribution in [1.82, 2.24) is 4.98 Å². The van der Waals surface area contributed by atoms with E-state index >= 15 is 0 Å². The van der Waals surface area contributed by atoms with Gasteiger partial charge in [0, 0.05) is 17.0 Å². The molecule has 0 aliphatic rings. The van der Waals surface area contributed by atoms with Crippen LogP contribution in [-0.2, 0) is 16.1 Å². The molecule has 3 rings (SSSR count). The number of hydrogen-bond acceptors (Lipinski definition) is 5. The number of esters is 1. The first kappa shape index (κ1) is 16.9. The second-order valence-electron chi connectivity index (χ2n) is 5.22. The molecule has 0 aliphatic carbocycles. The lowest BCUT2D eigenvalue weighted by molar-refractivity contribution is -0.139. The van der Waals surface area contributed by atoms with Gasteiger partial charge >= 0.3 is 5.97 Å². The van der Waals surface area contributed by atoms with Crippen molar-refractivity contribution >= 4 is 23.4 Å². The van der Waals surface area contributed by atoms with Crippen LogP contribution in [0.4, 0.5) is 0 Å². The van der Waals surface area contributed by atoms with Gasteiger partial charge in [0.2, 0.25) is 0 Å². The monoisotopic (exact) mass is 351 g/mol. The normalized spacial score (nSPS) is 10.8. The van der Waals surface area contributed by atoms with Gasteiger partial charge in [0.1, 0.15) is 17.4 Å². The first-order valence-electron chi connectivity index (χ1n) is 7.73. The third kappa shape index (κ3) is 4.78. The lowest BCUT2D eigenvalue weighted by Crippen LogP contribution is -2.00. The molecule has 4 nitrogen and oxygen atoms in total. The van der Waals surface area contributed by atoms with Gasteiger partial charge in [0.25, 0.3) is 0 Å². The van der Waals surface area contributed by atoms with E-state index in [1.165, 1.54) is 17.4 Å². The quantitative estimate of drug-likeness (QED) is 0.482. The van der Waals surface area contributed by atoms with Crippen LogP contribution in [-0.4, -0.2) is 18.1 Å². The van der Waals surface area contributed by atoms with Crippen molar-refractivity contribution in [3.8, 4) is 16.3 Å². The Kier molecular flexibility index (Phi) is 5.59. The topological polar surface area (TPSA) is 48.4 Å². The molecule has 126 valence electrons. The van der Waals surface area contributed by atoms with Gasteiger partial charge in [-0.3, -0.25) is 0 Å². The number of thiazole rings is 1. The van der Waals surface area contributed by atoms with Gasteiger partial charge in [-0.05, 0) is 23.8 Å².